The number of Topliss-reactive ketones (excluding diaryl/α,β-unsaturated/α-hetero) is 2. The number of ether oxygens (including phenoxy) is 6. The van der Waals surface area contributed by atoms with Crippen molar-refractivity contribution in [1.82, 2.24) is 5.16 Å². The van der Waals surface area contributed by atoms with Gasteiger partial charge in [0.05, 0.1) is 32.8 Å². The molecule has 50 heavy (non-hydrogen) atoms. The van der Waals surface area contributed by atoms with Crippen LogP contribution in [0.25, 0.3) is 11.3 Å². The number of halogens is 1. The van der Waals surface area contributed by atoms with Gasteiger partial charge in [-0.1, -0.05) is 5.16 Å². The molecule has 0 aliphatic carbocycles. The van der Waals surface area contributed by atoms with Gasteiger partial charge < -0.3 is 48.4 Å². The summed E-state index contributed by atoms with van der Waals surface area (Å²) in [5.74, 6) is 1.63. The second-order valence-electron chi connectivity index (χ2n) is 10.5. The molecule has 276 valence electrons. The quantitative estimate of drug-likeness (QED) is 0.0579. The summed E-state index contributed by atoms with van der Waals surface area (Å²) in [5.41, 5.74) is 1.16. The first kappa shape index (κ1) is 43.6. The van der Waals surface area contributed by atoms with E-state index in [1.54, 1.807) is 62.4 Å². The van der Waals surface area contributed by atoms with Crippen LogP contribution in [0.15, 0.2) is 59.1 Å². The summed E-state index contributed by atoms with van der Waals surface area (Å²) in [5, 5.41) is 28.1. The minimum atomic E-state index is -0.988. The number of nitrogens with zero attached hydrogens (tertiary/aromatic N) is 1. The third-order valence-corrected chi connectivity index (χ3v) is 6.29. The van der Waals surface area contributed by atoms with Gasteiger partial charge in [-0.15, -0.1) is 12.4 Å². The number of benzene rings is 2. The molecule has 17 heteroatoms. The Labute approximate surface area is 294 Å². The minimum absolute atomic E-state index is 0. The monoisotopic (exact) mass is 726 g/mol. The van der Waals surface area contributed by atoms with Crippen LogP contribution in [0.4, 0.5) is 0 Å². The van der Waals surface area contributed by atoms with Crippen LogP contribution in [-0.2, 0) is 28.5 Å². The molecule has 2 unspecified atom stereocenters. The second-order valence-corrected chi connectivity index (χ2v) is 10.5. The molecule has 1 aromatic heterocycles. The van der Waals surface area contributed by atoms with Gasteiger partial charge in [-0.2, -0.15) is 0 Å². The Bertz CT molecular complexity index is 1480. The standard InChI is InChI=1S/C18H22O7.C15H17NO6.ClH.H3NO/c1-4-22-17(21)16(20)9-15(19)12-5-7-13(8-6-12)23-10-14-11-24-18(2,3)25-14;1-2-20-15(19)13-7-14(22-16-13)10-3-5-12(6-4-10)21-9-11(18)8-17;;1-2/h5-8,14H,4,9-11H2,1-3H3;3-7,11,17-18H,2,8-9H2,1H3;1H;2H,1H2. The van der Waals surface area contributed by atoms with Crippen LogP contribution in [0.5, 0.6) is 11.5 Å². The van der Waals surface area contributed by atoms with E-state index < -0.39 is 41.8 Å². The van der Waals surface area contributed by atoms with Crippen molar-refractivity contribution in [1.29, 1.82) is 0 Å². The Morgan fingerprint density at radius 1 is 0.960 bits per heavy atom. The Hall–Kier alpha value is -4.42. The maximum atomic E-state index is 12.0. The summed E-state index contributed by atoms with van der Waals surface area (Å²) < 4.78 is 36.5. The van der Waals surface area contributed by atoms with Gasteiger partial charge in [-0.05, 0) is 76.2 Å². The normalized spacial score (nSPS) is 14.7. The molecule has 3 aromatic rings. The molecule has 4 rings (SSSR count). The first-order chi connectivity index (χ1) is 23.4. The molecule has 1 aliphatic heterocycles. The average molecular weight is 727 g/mol. The first-order valence-corrected chi connectivity index (χ1v) is 15.1. The van der Waals surface area contributed by atoms with Crippen molar-refractivity contribution in [3.63, 3.8) is 0 Å². The van der Waals surface area contributed by atoms with Gasteiger partial charge in [0.25, 0.3) is 0 Å². The van der Waals surface area contributed by atoms with E-state index in [0.717, 1.165) is 5.56 Å². The Balaban J connectivity index is 0.000000471. The Kier molecular flexibility index (Phi) is 19.5. The molecule has 16 nitrogen and oxygen atoms in total. The number of nitrogens with two attached hydrogens (primary N) is 1. The van der Waals surface area contributed by atoms with Gasteiger partial charge in [0.2, 0.25) is 5.78 Å². The number of carbonyl (C=O) groups excluding carboxylic acids is 4. The van der Waals surface area contributed by atoms with Crippen LogP contribution >= 0.6 is 12.4 Å². The fourth-order valence-corrected chi connectivity index (χ4v) is 3.98. The highest BCUT2D eigenvalue weighted by atomic mass is 35.5. The summed E-state index contributed by atoms with van der Waals surface area (Å²) in [6.07, 6.45) is -1.58. The van der Waals surface area contributed by atoms with Gasteiger partial charge >= 0.3 is 11.9 Å². The molecule has 0 amide bonds. The molecular formula is C33H43ClN2O14. The molecule has 2 aromatic carbocycles. The summed E-state index contributed by atoms with van der Waals surface area (Å²) in [6.45, 7) is 7.79. The van der Waals surface area contributed by atoms with Crippen molar-refractivity contribution in [2.24, 2.45) is 5.90 Å². The maximum absolute atomic E-state index is 12.0. The van der Waals surface area contributed by atoms with Crippen molar-refractivity contribution in [2.45, 2.75) is 52.1 Å². The number of esters is 2. The number of ketones is 2. The number of rotatable bonds is 15. The Morgan fingerprint density at radius 3 is 2.12 bits per heavy atom. The summed E-state index contributed by atoms with van der Waals surface area (Å²) >= 11 is 0. The van der Waals surface area contributed by atoms with Gasteiger partial charge in [0.1, 0.15) is 36.9 Å². The number of aromatic nitrogens is 1. The Morgan fingerprint density at radius 2 is 1.56 bits per heavy atom. The molecule has 0 spiro atoms. The van der Waals surface area contributed by atoms with Gasteiger partial charge in [0, 0.05) is 17.2 Å². The lowest BCUT2D eigenvalue weighted by Crippen LogP contribution is -2.25. The van der Waals surface area contributed by atoms with Crippen LogP contribution in [0.3, 0.4) is 0 Å². The number of carbonyl (C=O) groups is 4. The SMILES string of the molecule is CCOC(=O)C(=O)CC(=O)c1ccc(OCC2COC(C)(C)O2)cc1.CCOC(=O)c1cc(-c2ccc(OCC(O)CO)cc2)on1.Cl.NO. The van der Waals surface area contributed by atoms with Gasteiger partial charge in [-0.3, -0.25) is 9.59 Å². The van der Waals surface area contributed by atoms with E-state index in [0.29, 0.717) is 36.0 Å². The largest absolute Gasteiger partial charge is 0.491 e. The van der Waals surface area contributed by atoms with Crippen molar-refractivity contribution in [3.8, 4) is 22.8 Å². The second kappa shape index (κ2) is 22.3. The molecule has 5 N–H and O–H groups in total. The van der Waals surface area contributed by atoms with Crippen LogP contribution in [0, 0.1) is 0 Å². The lowest BCUT2D eigenvalue weighted by Gasteiger charge is -2.17. The zero-order valence-corrected chi connectivity index (χ0v) is 28.9. The average Bonchev–Trinajstić information content (AvgIpc) is 3.74. The smallest absolute Gasteiger partial charge is 0.375 e. The first-order valence-electron chi connectivity index (χ1n) is 15.1. The molecule has 1 saturated heterocycles. The van der Waals surface area contributed by atoms with Gasteiger partial charge in [-0.25, -0.2) is 15.5 Å². The third kappa shape index (κ3) is 14.6. The zero-order chi connectivity index (χ0) is 36.4. The van der Waals surface area contributed by atoms with Crippen LogP contribution in [0.2, 0.25) is 0 Å². The summed E-state index contributed by atoms with van der Waals surface area (Å²) in [7, 11) is 0. The molecule has 0 radical (unpaired) electrons. The number of hydrogen-bond donors (Lipinski definition) is 4. The fraction of sp³-hybridized carbons (Fsp3) is 0.424. The van der Waals surface area contributed by atoms with E-state index in [1.165, 1.54) is 6.07 Å². The van der Waals surface area contributed by atoms with Crippen LogP contribution in [-0.4, -0.2) is 102 Å². The van der Waals surface area contributed by atoms with Crippen LogP contribution < -0.4 is 15.4 Å². The van der Waals surface area contributed by atoms with E-state index in [9.17, 15) is 24.3 Å². The lowest BCUT2D eigenvalue weighted by atomic mass is 10.1. The number of aliphatic hydroxyl groups excluding tert-OH is 2. The minimum Gasteiger partial charge on any atom is -0.491 e. The van der Waals surface area contributed by atoms with Crippen molar-refractivity contribution < 1.29 is 67.5 Å². The molecule has 0 bridgehead atoms. The fourth-order valence-electron chi connectivity index (χ4n) is 3.98. The maximum Gasteiger partial charge on any atom is 0.375 e. The molecule has 1 fully saturated rings. The number of hydrogen-bond acceptors (Lipinski definition) is 16. The highest BCUT2D eigenvalue weighted by Gasteiger charge is 2.33. The summed E-state index contributed by atoms with van der Waals surface area (Å²) in [6, 6.07) is 14.7. The molecule has 2 heterocycles. The highest BCUT2D eigenvalue weighted by molar-refractivity contribution is 6.38. The number of aliphatic hydroxyl groups is 2. The van der Waals surface area contributed by atoms with Crippen molar-refractivity contribution in [2.75, 3.05) is 39.6 Å². The van der Waals surface area contributed by atoms with Crippen molar-refractivity contribution >= 4 is 35.9 Å². The van der Waals surface area contributed by atoms with E-state index in [4.69, 9.17) is 38.5 Å². The zero-order valence-electron chi connectivity index (χ0n) is 28.1. The lowest BCUT2D eigenvalue weighted by molar-refractivity contribution is -0.153. The van der Waals surface area contributed by atoms with E-state index in [-0.39, 0.29) is 50.6 Å². The topological polar surface area (TPSA) is 236 Å². The summed E-state index contributed by atoms with van der Waals surface area (Å²) in [4.78, 5) is 46.3. The van der Waals surface area contributed by atoms with Gasteiger partial charge in [0.15, 0.2) is 23.0 Å². The molecule has 2 atom stereocenters. The van der Waals surface area contributed by atoms with E-state index in [1.807, 2.05) is 13.8 Å². The highest BCUT2D eigenvalue weighted by Crippen LogP contribution is 2.24. The van der Waals surface area contributed by atoms with Crippen molar-refractivity contribution in [3.05, 3.63) is 65.9 Å². The molecular weight excluding hydrogens is 684 g/mol. The predicted octanol–water partition coefficient (Wildman–Crippen LogP) is 2.93. The molecule has 0 saturated carbocycles. The van der Waals surface area contributed by atoms with E-state index >= 15 is 0 Å². The van der Waals surface area contributed by atoms with E-state index in [2.05, 4.69) is 15.8 Å². The predicted molar refractivity (Wildman–Crippen MR) is 177 cm³/mol. The molecule has 1 aliphatic rings. The third-order valence-electron chi connectivity index (χ3n) is 6.29. The van der Waals surface area contributed by atoms with Crippen LogP contribution in [0.1, 0.15) is 55.0 Å².